The fourth-order valence-corrected chi connectivity index (χ4v) is 1.66. The van der Waals surface area contributed by atoms with Crippen LogP contribution < -0.4 is 16.0 Å². The third-order valence-electron chi connectivity index (χ3n) is 2.68. The van der Waals surface area contributed by atoms with Gasteiger partial charge < -0.3 is 20.7 Å². The summed E-state index contributed by atoms with van der Waals surface area (Å²) in [7, 11) is 0. The van der Waals surface area contributed by atoms with E-state index in [9.17, 15) is 14.4 Å². The van der Waals surface area contributed by atoms with Crippen molar-refractivity contribution in [2.24, 2.45) is 0 Å². The first-order chi connectivity index (χ1) is 11.3. The first-order valence-electron chi connectivity index (χ1n) is 7.70. The van der Waals surface area contributed by atoms with E-state index in [1.54, 1.807) is 39.1 Å². The normalized spacial score (nSPS) is 10.6. The van der Waals surface area contributed by atoms with Crippen LogP contribution >= 0.6 is 0 Å². The predicted octanol–water partition coefficient (Wildman–Crippen LogP) is 0.842. The monoisotopic (exact) mass is 336 g/mol. The van der Waals surface area contributed by atoms with Gasteiger partial charge in [-0.2, -0.15) is 0 Å². The Morgan fingerprint density at radius 3 is 2.42 bits per heavy atom. The molecule has 132 valence electrons. The number of pyridine rings is 1. The van der Waals surface area contributed by atoms with Crippen LogP contribution in [0.25, 0.3) is 0 Å². The molecule has 0 aromatic carbocycles. The fourth-order valence-electron chi connectivity index (χ4n) is 1.66. The summed E-state index contributed by atoms with van der Waals surface area (Å²) in [6.07, 6.45) is 2.63. The lowest BCUT2D eigenvalue weighted by molar-refractivity contribution is -0.120. The average Bonchev–Trinajstić information content (AvgIpc) is 2.50. The zero-order chi connectivity index (χ0) is 18.0. The van der Waals surface area contributed by atoms with Crippen molar-refractivity contribution in [1.29, 1.82) is 0 Å². The zero-order valence-corrected chi connectivity index (χ0v) is 14.2. The van der Waals surface area contributed by atoms with Crippen LogP contribution in [-0.2, 0) is 9.53 Å². The molecule has 1 aromatic heterocycles. The molecule has 3 N–H and O–H groups in total. The molecule has 1 aromatic rings. The van der Waals surface area contributed by atoms with Gasteiger partial charge in [0.2, 0.25) is 5.91 Å². The Morgan fingerprint density at radius 1 is 1.08 bits per heavy atom. The van der Waals surface area contributed by atoms with Gasteiger partial charge in [0, 0.05) is 38.4 Å². The van der Waals surface area contributed by atoms with Crippen LogP contribution in [0.4, 0.5) is 4.79 Å². The van der Waals surface area contributed by atoms with Gasteiger partial charge in [0.15, 0.2) is 0 Å². The Morgan fingerprint density at radius 2 is 1.79 bits per heavy atom. The number of carbonyl (C=O) groups excluding carboxylic acids is 3. The topological polar surface area (TPSA) is 109 Å². The smallest absolute Gasteiger partial charge is 0.407 e. The van der Waals surface area contributed by atoms with Crippen molar-refractivity contribution in [3.05, 3.63) is 30.1 Å². The van der Waals surface area contributed by atoms with Crippen LogP contribution in [0.5, 0.6) is 0 Å². The van der Waals surface area contributed by atoms with Gasteiger partial charge in [-0.25, -0.2) is 4.79 Å². The molecule has 0 saturated heterocycles. The Bertz CT molecular complexity index is 555. The molecule has 24 heavy (non-hydrogen) atoms. The number of alkyl carbamates (subject to hydrolysis) is 1. The van der Waals surface area contributed by atoms with Crippen molar-refractivity contribution in [2.75, 3.05) is 19.6 Å². The molecule has 3 amide bonds. The van der Waals surface area contributed by atoms with Crippen molar-refractivity contribution in [3.63, 3.8) is 0 Å². The summed E-state index contributed by atoms with van der Waals surface area (Å²) in [6.45, 7) is 6.08. The van der Waals surface area contributed by atoms with E-state index in [4.69, 9.17) is 4.74 Å². The van der Waals surface area contributed by atoms with Crippen molar-refractivity contribution in [2.45, 2.75) is 32.8 Å². The number of hydrogen-bond acceptors (Lipinski definition) is 5. The van der Waals surface area contributed by atoms with E-state index in [1.807, 2.05) is 0 Å². The van der Waals surface area contributed by atoms with Crippen molar-refractivity contribution >= 4 is 17.9 Å². The number of ether oxygens (including phenoxy) is 1. The number of hydrogen-bond donors (Lipinski definition) is 3. The van der Waals surface area contributed by atoms with Gasteiger partial charge in [0.05, 0.1) is 5.56 Å². The molecule has 0 radical (unpaired) electrons. The first kappa shape index (κ1) is 19.4. The second-order valence-corrected chi connectivity index (χ2v) is 6.03. The van der Waals surface area contributed by atoms with Crippen LogP contribution in [-0.4, -0.2) is 48.1 Å². The van der Waals surface area contributed by atoms with Gasteiger partial charge in [-0.15, -0.1) is 0 Å². The SMILES string of the molecule is CC(C)(C)OC(=O)NCCC(=O)NCCNC(=O)c1cccnc1. The van der Waals surface area contributed by atoms with Gasteiger partial charge >= 0.3 is 6.09 Å². The highest BCUT2D eigenvalue weighted by Gasteiger charge is 2.15. The van der Waals surface area contributed by atoms with E-state index >= 15 is 0 Å². The molecule has 0 saturated carbocycles. The summed E-state index contributed by atoms with van der Waals surface area (Å²) in [5.74, 6) is -0.467. The maximum Gasteiger partial charge on any atom is 0.407 e. The van der Waals surface area contributed by atoms with Crippen LogP contribution in [0.3, 0.4) is 0 Å². The number of rotatable bonds is 7. The summed E-state index contributed by atoms with van der Waals surface area (Å²) in [6, 6.07) is 3.33. The summed E-state index contributed by atoms with van der Waals surface area (Å²) in [5, 5.41) is 7.82. The molecule has 0 atom stereocenters. The summed E-state index contributed by atoms with van der Waals surface area (Å²) in [4.78, 5) is 38.6. The lowest BCUT2D eigenvalue weighted by Crippen LogP contribution is -2.37. The number of aromatic nitrogens is 1. The minimum absolute atomic E-state index is 0.135. The molecule has 1 heterocycles. The number of nitrogens with zero attached hydrogens (tertiary/aromatic N) is 1. The Kier molecular flexibility index (Phi) is 7.67. The molecule has 1 rings (SSSR count). The van der Waals surface area contributed by atoms with Crippen LogP contribution in [0.15, 0.2) is 24.5 Å². The molecule has 0 unspecified atom stereocenters. The van der Waals surface area contributed by atoms with E-state index in [2.05, 4.69) is 20.9 Å². The molecule has 0 fully saturated rings. The van der Waals surface area contributed by atoms with Crippen molar-refractivity contribution in [3.8, 4) is 0 Å². The van der Waals surface area contributed by atoms with E-state index in [-0.39, 0.29) is 24.8 Å². The van der Waals surface area contributed by atoms with Gasteiger partial charge in [-0.3, -0.25) is 14.6 Å². The molecule has 0 aliphatic carbocycles. The zero-order valence-electron chi connectivity index (χ0n) is 14.2. The van der Waals surface area contributed by atoms with Crippen LogP contribution in [0, 0.1) is 0 Å². The minimum atomic E-state index is -0.571. The maximum atomic E-state index is 11.7. The van der Waals surface area contributed by atoms with Gasteiger partial charge in [-0.1, -0.05) is 0 Å². The third kappa shape index (κ3) is 8.72. The largest absolute Gasteiger partial charge is 0.444 e. The summed E-state index contributed by atoms with van der Waals surface area (Å²) >= 11 is 0. The molecule has 0 aliphatic rings. The standard InChI is InChI=1S/C16H24N4O4/c1-16(2,3)24-15(23)20-8-6-13(21)18-9-10-19-14(22)12-5-4-7-17-11-12/h4-5,7,11H,6,8-10H2,1-3H3,(H,18,21)(H,19,22)(H,20,23). The number of carbonyl (C=O) groups is 3. The third-order valence-corrected chi connectivity index (χ3v) is 2.68. The second kappa shape index (κ2) is 9.49. The molecule has 0 bridgehead atoms. The molecule has 0 spiro atoms. The molecular formula is C16H24N4O4. The molecule has 8 nitrogen and oxygen atoms in total. The molecule has 8 heteroatoms. The van der Waals surface area contributed by atoms with Gasteiger partial charge in [0.1, 0.15) is 5.60 Å². The van der Waals surface area contributed by atoms with Crippen LogP contribution in [0.2, 0.25) is 0 Å². The minimum Gasteiger partial charge on any atom is -0.444 e. The van der Waals surface area contributed by atoms with Gasteiger partial charge in [-0.05, 0) is 32.9 Å². The molecular weight excluding hydrogens is 312 g/mol. The predicted molar refractivity (Wildman–Crippen MR) is 88.4 cm³/mol. The van der Waals surface area contributed by atoms with Crippen molar-refractivity contribution < 1.29 is 19.1 Å². The number of amides is 3. The Hall–Kier alpha value is -2.64. The maximum absolute atomic E-state index is 11.7. The quantitative estimate of drug-likeness (QED) is 0.639. The highest BCUT2D eigenvalue weighted by atomic mass is 16.6. The van der Waals surface area contributed by atoms with E-state index in [0.29, 0.717) is 18.7 Å². The van der Waals surface area contributed by atoms with E-state index < -0.39 is 11.7 Å². The van der Waals surface area contributed by atoms with E-state index in [1.165, 1.54) is 6.20 Å². The Labute approximate surface area is 141 Å². The second-order valence-electron chi connectivity index (χ2n) is 6.03. The lowest BCUT2D eigenvalue weighted by atomic mass is 10.2. The summed E-state index contributed by atoms with van der Waals surface area (Å²) < 4.78 is 5.05. The van der Waals surface area contributed by atoms with E-state index in [0.717, 1.165) is 0 Å². The van der Waals surface area contributed by atoms with Crippen LogP contribution in [0.1, 0.15) is 37.6 Å². The highest BCUT2D eigenvalue weighted by Crippen LogP contribution is 2.06. The first-order valence-corrected chi connectivity index (χ1v) is 7.70. The summed E-state index contributed by atoms with van der Waals surface area (Å²) in [5.41, 5.74) is -0.107. The number of nitrogens with one attached hydrogen (secondary N) is 3. The Balaban J connectivity index is 2.10. The average molecular weight is 336 g/mol. The lowest BCUT2D eigenvalue weighted by Gasteiger charge is -2.19. The van der Waals surface area contributed by atoms with Gasteiger partial charge in [0.25, 0.3) is 5.91 Å². The fraction of sp³-hybridized carbons (Fsp3) is 0.500. The highest BCUT2D eigenvalue weighted by molar-refractivity contribution is 5.93. The molecule has 0 aliphatic heterocycles. The van der Waals surface area contributed by atoms with Crippen molar-refractivity contribution in [1.82, 2.24) is 20.9 Å².